The van der Waals surface area contributed by atoms with Crippen molar-refractivity contribution in [1.82, 2.24) is 10.2 Å². The summed E-state index contributed by atoms with van der Waals surface area (Å²) in [7, 11) is 0. The van der Waals surface area contributed by atoms with Gasteiger partial charge < -0.3 is 4.90 Å². The average Bonchev–Trinajstić information content (AvgIpc) is 2.96. The number of carbonyl (C=O) groups is 1. The van der Waals surface area contributed by atoms with Crippen LogP contribution in [0.25, 0.3) is 0 Å². The van der Waals surface area contributed by atoms with Gasteiger partial charge in [0.15, 0.2) is 0 Å². The molecule has 0 aromatic carbocycles. The van der Waals surface area contributed by atoms with Gasteiger partial charge in [-0.15, -0.1) is 11.3 Å². The lowest BCUT2D eigenvalue weighted by Crippen LogP contribution is -2.43. The predicted octanol–water partition coefficient (Wildman–Crippen LogP) is 3.41. The van der Waals surface area contributed by atoms with Gasteiger partial charge in [-0.2, -0.15) is 11.8 Å². The SMILES string of the molecule is CCC1(C)NC(c2ccc(C)s2)N(CC(C)SC)C1=O. The van der Waals surface area contributed by atoms with E-state index in [1.165, 1.54) is 9.75 Å². The Morgan fingerprint density at radius 1 is 1.55 bits per heavy atom. The number of hydrogen-bond donors (Lipinski definition) is 1. The van der Waals surface area contributed by atoms with Gasteiger partial charge in [-0.05, 0) is 38.7 Å². The number of thioether (sulfide) groups is 1. The normalized spacial score (nSPS) is 28.1. The van der Waals surface area contributed by atoms with Gasteiger partial charge in [-0.1, -0.05) is 13.8 Å². The molecule has 1 aliphatic heterocycles. The van der Waals surface area contributed by atoms with Crippen LogP contribution in [0.1, 0.15) is 43.1 Å². The Morgan fingerprint density at radius 2 is 2.25 bits per heavy atom. The topological polar surface area (TPSA) is 32.3 Å². The molecule has 1 fully saturated rings. The van der Waals surface area contributed by atoms with Gasteiger partial charge in [0.2, 0.25) is 5.91 Å². The van der Waals surface area contributed by atoms with Crippen molar-refractivity contribution in [2.45, 2.75) is 51.1 Å². The highest BCUT2D eigenvalue weighted by Crippen LogP contribution is 2.36. The molecule has 112 valence electrons. The summed E-state index contributed by atoms with van der Waals surface area (Å²) in [5.74, 6) is 0.233. The van der Waals surface area contributed by atoms with Crippen LogP contribution in [-0.4, -0.2) is 34.4 Å². The Hall–Kier alpha value is -0.520. The van der Waals surface area contributed by atoms with Crippen molar-refractivity contribution < 1.29 is 4.79 Å². The number of rotatable bonds is 5. The summed E-state index contributed by atoms with van der Waals surface area (Å²) in [5.41, 5.74) is -0.430. The highest BCUT2D eigenvalue weighted by atomic mass is 32.2. The zero-order chi connectivity index (χ0) is 14.9. The smallest absolute Gasteiger partial charge is 0.244 e. The van der Waals surface area contributed by atoms with E-state index < -0.39 is 5.54 Å². The standard InChI is InChI=1S/C15H24N2OS2/c1-6-15(4)14(18)17(9-11(3)19-5)13(16-15)12-8-7-10(2)20-12/h7-8,11,13,16H,6,9H2,1-5H3. The first-order valence-corrected chi connectivity index (χ1v) is 9.19. The van der Waals surface area contributed by atoms with Crippen molar-refractivity contribution in [3.05, 3.63) is 21.9 Å². The molecule has 3 unspecified atom stereocenters. The number of nitrogens with zero attached hydrogens (tertiary/aromatic N) is 1. The molecule has 2 rings (SSSR count). The monoisotopic (exact) mass is 312 g/mol. The molecule has 2 heterocycles. The minimum absolute atomic E-state index is 0.0285. The van der Waals surface area contributed by atoms with Gasteiger partial charge in [0.25, 0.3) is 0 Å². The maximum Gasteiger partial charge on any atom is 0.244 e. The summed E-state index contributed by atoms with van der Waals surface area (Å²) in [6.07, 6.45) is 2.94. The fourth-order valence-electron chi connectivity index (χ4n) is 2.49. The molecule has 0 bridgehead atoms. The fraction of sp³-hybridized carbons (Fsp3) is 0.667. The zero-order valence-corrected chi connectivity index (χ0v) is 14.5. The lowest BCUT2D eigenvalue weighted by Gasteiger charge is -2.26. The quantitative estimate of drug-likeness (QED) is 0.904. The summed E-state index contributed by atoms with van der Waals surface area (Å²) >= 11 is 3.58. The number of hydrogen-bond acceptors (Lipinski definition) is 4. The number of thiophene rings is 1. The molecule has 0 spiro atoms. The van der Waals surface area contributed by atoms with Crippen LogP contribution < -0.4 is 5.32 Å². The molecule has 1 aliphatic rings. The van der Waals surface area contributed by atoms with E-state index in [-0.39, 0.29) is 12.1 Å². The van der Waals surface area contributed by atoms with Crippen LogP contribution in [0.15, 0.2) is 12.1 Å². The summed E-state index contributed by atoms with van der Waals surface area (Å²) in [4.78, 5) is 17.3. The first kappa shape index (κ1) is 15.9. The van der Waals surface area contributed by atoms with E-state index in [2.05, 4.69) is 44.5 Å². The number of carbonyl (C=O) groups excluding carboxylic acids is 1. The van der Waals surface area contributed by atoms with E-state index >= 15 is 0 Å². The second-order valence-electron chi connectivity index (χ2n) is 5.68. The lowest BCUT2D eigenvalue weighted by molar-refractivity contribution is -0.132. The van der Waals surface area contributed by atoms with Crippen molar-refractivity contribution in [3.8, 4) is 0 Å². The Balaban J connectivity index is 2.29. The molecule has 0 radical (unpaired) electrons. The molecule has 1 aromatic rings. The first-order valence-electron chi connectivity index (χ1n) is 7.09. The van der Waals surface area contributed by atoms with Crippen molar-refractivity contribution in [2.24, 2.45) is 0 Å². The summed E-state index contributed by atoms with van der Waals surface area (Å²) in [6.45, 7) is 9.18. The predicted molar refractivity (Wildman–Crippen MR) is 88.3 cm³/mol. The van der Waals surface area contributed by atoms with Crippen LogP contribution in [0, 0.1) is 6.92 Å². The van der Waals surface area contributed by atoms with Crippen molar-refractivity contribution in [2.75, 3.05) is 12.8 Å². The Bertz CT molecular complexity index is 488. The van der Waals surface area contributed by atoms with E-state index in [1.807, 2.05) is 11.8 Å². The van der Waals surface area contributed by atoms with Gasteiger partial charge in [0.1, 0.15) is 6.17 Å². The van der Waals surface area contributed by atoms with Crippen molar-refractivity contribution in [1.29, 1.82) is 0 Å². The van der Waals surface area contributed by atoms with E-state index in [4.69, 9.17) is 0 Å². The van der Waals surface area contributed by atoms with Crippen molar-refractivity contribution >= 4 is 29.0 Å². The molecule has 1 N–H and O–H groups in total. The van der Waals surface area contributed by atoms with E-state index in [9.17, 15) is 4.79 Å². The molecule has 1 saturated heterocycles. The van der Waals surface area contributed by atoms with E-state index in [1.54, 1.807) is 23.1 Å². The molecular formula is C15H24N2OS2. The average molecular weight is 313 g/mol. The Kier molecular flexibility index (Phi) is 4.82. The summed E-state index contributed by atoms with van der Waals surface area (Å²) in [5, 5.41) is 4.00. The fourth-order valence-corrected chi connectivity index (χ4v) is 3.75. The lowest BCUT2D eigenvalue weighted by atomic mass is 9.99. The highest BCUT2D eigenvalue weighted by Gasteiger charge is 2.47. The Morgan fingerprint density at radius 3 is 2.75 bits per heavy atom. The molecule has 20 heavy (non-hydrogen) atoms. The number of aryl methyl sites for hydroxylation is 1. The molecule has 0 saturated carbocycles. The molecular weight excluding hydrogens is 288 g/mol. The summed E-state index contributed by atoms with van der Waals surface area (Å²) in [6, 6.07) is 4.27. The minimum Gasteiger partial charge on any atom is -0.319 e. The van der Waals surface area contributed by atoms with E-state index in [0.717, 1.165) is 13.0 Å². The third-order valence-electron chi connectivity index (χ3n) is 4.09. The number of amides is 1. The van der Waals surface area contributed by atoms with Crippen LogP contribution in [0.4, 0.5) is 0 Å². The van der Waals surface area contributed by atoms with Crippen LogP contribution in [0.2, 0.25) is 0 Å². The maximum atomic E-state index is 12.8. The van der Waals surface area contributed by atoms with Crippen LogP contribution in [0.5, 0.6) is 0 Å². The van der Waals surface area contributed by atoms with Gasteiger partial charge >= 0.3 is 0 Å². The zero-order valence-electron chi connectivity index (χ0n) is 12.9. The third-order valence-corrected chi connectivity index (χ3v) is 6.10. The second-order valence-corrected chi connectivity index (χ2v) is 8.28. The van der Waals surface area contributed by atoms with Gasteiger partial charge in [0.05, 0.1) is 5.54 Å². The molecule has 0 aliphatic carbocycles. The largest absolute Gasteiger partial charge is 0.319 e. The summed E-state index contributed by atoms with van der Waals surface area (Å²) < 4.78 is 0. The number of nitrogens with one attached hydrogen (secondary N) is 1. The van der Waals surface area contributed by atoms with E-state index in [0.29, 0.717) is 5.25 Å². The van der Waals surface area contributed by atoms with Crippen LogP contribution in [0.3, 0.4) is 0 Å². The molecule has 3 nitrogen and oxygen atoms in total. The molecule has 5 heteroatoms. The Labute approximate surface area is 130 Å². The minimum atomic E-state index is -0.430. The van der Waals surface area contributed by atoms with Gasteiger partial charge in [-0.3, -0.25) is 10.1 Å². The molecule has 3 atom stereocenters. The first-order chi connectivity index (χ1) is 9.41. The van der Waals surface area contributed by atoms with Crippen molar-refractivity contribution in [3.63, 3.8) is 0 Å². The van der Waals surface area contributed by atoms with Crippen LogP contribution in [-0.2, 0) is 4.79 Å². The highest BCUT2D eigenvalue weighted by molar-refractivity contribution is 7.99. The van der Waals surface area contributed by atoms with Crippen LogP contribution >= 0.6 is 23.1 Å². The molecule has 1 aromatic heterocycles. The maximum absolute atomic E-state index is 12.8. The van der Waals surface area contributed by atoms with Gasteiger partial charge in [0, 0.05) is 21.5 Å². The van der Waals surface area contributed by atoms with Gasteiger partial charge in [-0.25, -0.2) is 0 Å². The molecule has 1 amide bonds. The third kappa shape index (κ3) is 2.90. The second kappa shape index (κ2) is 6.08.